The van der Waals surface area contributed by atoms with Gasteiger partial charge < -0.3 is 15.7 Å². The van der Waals surface area contributed by atoms with E-state index in [4.69, 9.17) is 17.3 Å². The van der Waals surface area contributed by atoms with Gasteiger partial charge in [-0.3, -0.25) is 4.79 Å². The lowest BCUT2D eigenvalue weighted by Crippen LogP contribution is -2.26. The summed E-state index contributed by atoms with van der Waals surface area (Å²) in [5.74, 6) is -0.241. The van der Waals surface area contributed by atoms with Crippen molar-refractivity contribution in [3.05, 3.63) is 28.8 Å². The zero-order valence-electron chi connectivity index (χ0n) is 10.3. The summed E-state index contributed by atoms with van der Waals surface area (Å²) in [6.07, 6.45) is 0.581. The second kappa shape index (κ2) is 5.16. The van der Waals surface area contributed by atoms with Gasteiger partial charge in [-0.2, -0.15) is 0 Å². The van der Waals surface area contributed by atoms with Gasteiger partial charge in [0.1, 0.15) is 0 Å². The minimum absolute atomic E-state index is 0.237. The number of rotatable bonds is 3. The number of carbonyl (C=O) groups excluding carboxylic acids is 1. The van der Waals surface area contributed by atoms with E-state index < -0.39 is 5.91 Å². The molecule has 5 heteroatoms. The Bertz CT molecular complexity index is 462. The predicted octanol–water partition coefficient (Wildman–Crippen LogP) is 1.65. The lowest BCUT2D eigenvalue weighted by molar-refractivity contribution is 0.100. The fourth-order valence-electron chi connectivity index (χ4n) is 2.38. The third-order valence-electron chi connectivity index (χ3n) is 3.47. The van der Waals surface area contributed by atoms with Crippen LogP contribution in [0.2, 0.25) is 5.02 Å². The Balaban J connectivity index is 2.27. The molecule has 0 spiro atoms. The van der Waals surface area contributed by atoms with Crippen LogP contribution in [-0.2, 0) is 0 Å². The van der Waals surface area contributed by atoms with Crippen LogP contribution in [0.15, 0.2) is 18.2 Å². The number of carbonyl (C=O) groups is 1. The molecule has 1 amide bonds. The van der Waals surface area contributed by atoms with Gasteiger partial charge in [-0.05, 0) is 31.5 Å². The topological polar surface area (TPSA) is 66.6 Å². The van der Waals surface area contributed by atoms with E-state index in [-0.39, 0.29) is 12.0 Å². The highest BCUT2D eigenvalue weighted by atomic mass is 35.5. The fraction of sp³-hybridized carbons (Fsp3) is 0.462. The maximum Gasteiger partial charge on any atom is 0.250 e. The first-order valence-electron chi connectivity index (χ1n) is 6.01. The largest absolute Gasteiger partial charge is 0.393 e. The molecule has 1 aliphatic rings. The Hall–Kier alpha value is -1.26. The molecule has 0 bridgehead atoms. The number of primary amides is 1. The first-order valence-corrected chi connectivity index (χ1v) is 6.39. The Labute approximate surface area is 111 Å². The van der Waals surface area contributed by atoms with Gasteiger partial charge in [0.05, 0.1) is 11.7 Å². The number of nitrogens with zero attached hydrogens (tertiary/aromatic N) is 1. The summed E-state index contributed by atoms with van der Waals surface area (Å²) in [7, 11) is 0. The van der Waals surface area contributed by atoms with E-state index in [1.165, 1.54) is 0 Å². The molecular weight excluding hydrogens is 252 g/mol. The average Bonchev–Trinajstić information content (AvgIpc) is 2.78. The Morgan fingerprint density at radius 1 is 1.61 bits per heavy atom. The number of nitrogens with two attached hydrogens (primary N) is 1. The van der Waals surface area contributed by atoms with Crippen molar-refractivity contribution in [1.82, 2.24) is 0 Å². The van der Waals surface area contributed by atoms with Gasteiger partial charge in [0.25, 0.3) is 5.91 Å². The van der Waals surface area contributed by atoms with E-state index in [0.717, 1.165) is 25.2 Å². The summed E-state index contributed by atoms with van der Waals surface area (Å²) in [5.41, 5.74) is 6.61. The SMILES string of the molecule is CC(O)C1CCN(c2ccc(Cl)cc2C(N)=O)C1. The molecule has 2 rings (SSSR count). The molecule has 3 N–H and O–H groups in total. The molecule has 1 saturated heterocycles. The molecule has 1 aliphatic heterocycles. The Morgan fingerprint density at radius 3 is 2.89 bits per heavy atom. The summed E-state index contributed by atoms with van der Waals surface area (Å²) in [5, 5.41) is 10.1. The monoisotopic (exact) mass is 268 g/mol. The van der Waals surface area contributed by atoms with Crippen molar-refractivity contribution in [2.45, 2.75) is 19.4 Å². The molecular formula is C13H17ClN2O2. The molecule has 1 aromatic rings. The number of halogens is 1. The molecule has 2 atom stereocenters. The highest BCUT2D eigenvalue weighted by Crippen LogP contribution is 2.30. The van der Waals surface area contributed by atoms with Crippen molar-refractivity contribution in [3.63, 3.8) is 0 Å². The maximum absolute atomic E-state index is 11.4. The highest BCUT2D eigenvalue weighted by Gasteiger charge is 2.28. The Morgan fingerprint density at radius 2 is 2.33 bits per heavy atom. The van der Waals surface area contributed by atoms with Crippen LogP contribution in [0, 0.1) is 5.92 Å². The lowest BCUT2D eigenvalue weighted by atomic mass is 10.0. The molecule has 0 saturated carbocycles. The zero-order chi connectivity index (χ0) is 13.3. The molecule has 18 heavy (non-hydrogen) atoms. The van der Waals surface area contributed by atoms with E-state index in [1.807, 2.05) is 6.07 Å². The van der Waals surface area contributed by atoms with Crippen molar-refractivity contribution in [3.8, 4) is 0 Å². The normalized spacial score (nSPS) is 21.1. The number of amides is 1. The van der Waals surface area contributed by atoms with E-state index in [2.05, 4.69) is 4.90 Å². The first kappa shape index (κ1) is 13.2. The third-order valence-corrected chi connectivity index (χ3v) is 3.71. The number of anilines is 1. The van der Waals surface area contributed by atoms with Gasteiger partial charge in [-0.1, -0.05) is 11.6 Å². The van der Waals surface area contributed by atoms with Gasteiger partial charge in [-0.25, -0.2) is 0 Å². The smallest absolute Gasteiger partial charge is 0.250 e. The maximum atomic E-state index is 11.4. The molecule has 1 fully saturated rings. The van der Waals surface area contributed by atoms with Crippen LogP contribution in [0.25, 0.3) is 0 Å². The molecule has 0 aliphatic carbocycles. The molecule has 1 aromatic carbocycles. The standard InChI is InChI=1S/C13H17ClN2O2/c1-8(17)9-4-5-16(7-9)12-3-2-10(14)6-11(12)13(15)18/h2-3,6,8-9,17H,4-5,7H2,1H3,(H2,15,18). The predicted molar refractivity (Wildman–Crippen MR) is 72.0 cm³/mol. The summed E-state index contributed by atoms with van der Waals surface area (Å²) in [6, 6.07) is 5.15. The van der Waals surface area contributed by atoms with Gasteiger partial charge >= 0.3 is 0 Å². The van der Waals surface area contributed by atoms with Gasteiger partial charge in [0.15, 0.2) is 0 Å². The van der Waals surface area contributed by atoms with E-state index in [0.29, 0.717) is 10.6 Å². The number of benzene rings is 1. The first-order chi connectivity index (χ1) is 8.49. The second-order valence-corrected chi connectivity index (χ2v) is 5.20. The molecule has 0 aromatic heterocycles. The van der Waals surface area contributed by atoms with Gasteiger partial charge in [0.2, 0.25) is 0 Å². The highest BCUT2D eigenvalue weighted by molar-refractivity contribution is 6.31. The number of hydrogen-bond donors (Lipinski definition) is 2. The third kappa shape index (κ3) is 2.60. The molecule has 2 unspecified atom stereocenters. The number of hydrogen-bond acceptors (Lipinski definition) is 3. The second-order valence-electron chi connectivity index (χ2n) is 4.76. The summed E-state index contributed by atoms with van der Waals surface area (Å²) in [6.45, 7) is 3.35. The van der Waals surface area contributed by atoms with Crippen LogP contribution >= 0.6 is 11.6 Å². The minimum Gasteiger partial charge on any atom is -0.393 e. The van der Waals surface area contributed by atoms with Crippen LogP contribution in [-0.4, -0.2) is 30.2 Å². The van der Waals surface area contributed by atoms with Crippen LogP contribution in [0.1, 0.15) is 23.7 Å². The van der Waals surface area contributed by atoms with Crippen molar-refractivity contribution in [2.75, 3.05) is 18.0 Å². The van der Waals surface area contributed by atoms with E-state index >= 15 is 0 Å². The lowest BCUT2D eigenvalue weighted by Gasteiger charge is -2.22. The number of aliphatic hydroxyl groups excluding tert-OH is 1. The zero-order valence-corrected chi connectivity index (χ0v) is 11.0. The summed E-state index contributed by atoms with van der Waals surface area (Å²) < 4.78 is 0. The summed E-state index contributed by atoms with van der Waals surface area (Å²) >= 11 is 5.88. The van der Waals surface area contributed by atoms with Crippen molar-refractivity contribution >= 4 is 23.2 Å². The number of aliphatic hydroxyl groups is 1. The van der Waals surface area contributed by atoms with Crippen molar-refractivity contribution in [1.29, 1.82) is 0 Å². The molecule has 4 nitrogen and oxygen atoms in total. The Kier molecular flexibility index (Phi) is 3.78. The van der Waals surface area contributed by atoms with Gasteiger partial charge in [-0.15, -0.1) is 0 Å². The van der Waals surface area contributed by atoms with Gasteiger partial charge in [0, 0.05) is 29.7 Å². The van der Waals surface area contributed by atoms with E-state index in [1.54, 1.807) is 19.1 Å². The fourth-order valence-corrected chi connectivity index (χ4v) is 2.55. The van der Waals surface area contributed by atoms with Crippen LogP contribution in [0.3, 0.4) is 0 Å². The molecule has 98 valence electrons. The van der Waals surface area contributed by atoms with Crippen LogP contribution in [0.4, 0.5) is 5.69 Å². The molecule has 0 radical (unpaired) electrons. The van der Waals surface area contributed by atoms with Crippen molar-refractivity contribution < 1.29 is 9.90 Å². The van der Waals surface area contributed by atoms with E-state index in [9.17, 15) is 9.90 Å². The quantitative estimate of drug-likeness (QED) is 0.876. The average molecular weight is 269 g/mol. The van der Waals surface area contributed by atoms with Crippen LogP contribution < -0.4 is 10.6 Å². The van der Waals surface area contributed by atoms with Crippen molar-refractivity contribution in [2.24, 2.45) is 11.7 Å². The summed E-state index contributed by atoms with van der Waals surface area (Å²) in [4.78, 5) is 13.5. The van der Waals surface area contributed by atoms with Crippen LogP contribution in [0.5, 0.6) is 0 Å². The minimum atomic E-state index is -0.479. The molecule has 1 heterocycles.